The van der Waals surface area contributed by atoms with E-state index in [1.807, 2.05) is 12.4 Å². The Labute approximate surface area is 130 Å². The van der Waals surface area contributed by atoms with Gasteiger partial charge in [-0.25, -0.2) is 4.39 Å². The van der Waals surface area contributed by atoms with Crippen molar-refractivity contribution in [3.63, 3.8) is 0 Å². The molecule has 3 nitrogen and oxygen atoms in total. The van der Waals surface area contributed by atoms with Gasteiger partial charge in [0.25, 0.3) is 0 Å². The lowest BCUT2D eigenvalue weighted by Crippen LogP contribution is -2.37. The third-order valence-electron chi connectivity index (χ3n) is 4.07. The molecule has 1 fully saturated rings. The third-order valence-corrected chi connectivity index (χ3v) is 4.07. The molecule has 0 amide bonds. The topological polar surface area (TPSA) is 25.4 Å². The highest BCUT2D eigenvalue weighted by molar-refractivity contribution is 5.23. The van der Waals surface area contributed by atoms with Crippen LogP contribution in [-0.2, 0) is 6.54 Å². The minimum Gasteiger partial charge on any atom is -0.490 e. The summed E-state index contributed by atoms with van der Waals surface area (Å²) < 4.78 is 19.2. The average molecular weight is 300 g/mol. The largest absolute Gasteiger partial charge is 0.490 e. The Balaban J connectivity index is 1.51. The zero-order valence-electron chi connectivity index (χ0n) is 12.6. The first kappa shape index (κ1) is 15.0. The highest BCUT2D eigenvalue weighted by atomic mass is 19.1. The second kappa shape index (κ2) is 7.36. The van der Waals surface area contributed by atoms with Crippen molar-refractivity contribution in [2.45, 2.75) is 19.4 Å². The maximum absolute atomic E-state index is 13.6. The molecule has 1 atom stereocenters. The molecule has 4 heteroatoms. The molecule has 0 saturated carbocycles. The molecule has 1 aromatic carbocycles. The van der Waals surface area contributed by atoms with E-state index in [0.29, 0.717) is 18.3 Å². The van der Waals surface area contributed by atoms with Crippen LogP contribution in [0.1, 0.15) is 18.4 Å². The van der Waals surface area contributed by atoms with Gasteiger partial charge in [0, 0.05) is 31.4 Å². The van der Waals surface area contributed by atoms with Gasteiger partial charge in [-0.15, -0.1) is 0 Å². The molecule has 22 heavy (non-hydrogen) atoms. The average Bonchev–Trinajstić information content (AvgIpc) is 2.55. The standard InChI is InChI=1S/C18H21FN2O/c19-17-5-1-2-6-18(17)22-14-16-4-3-11-21(13-16)12-15-7-9-20-10-8-15/h1-2,5-10,16H,3-4,11-14H2. The Morgan fingerprint density at radius 3 is 2.82 bits per heavy atom. The third kappa shape index (κ3) is 4.04. The summed E-state index contributed by atoms with van der Waals surface area (Å²) in [6, 6.07) is 10.7. The molecule has 1 aliphatic heterocycles. The van der Waals surface area contributed by atoms with Gasteiger partial charge in [0.15, 0.2) is 11.6 Å². The molecule has 2 aromatic rings. The van der Waals surface area contributed by atoms with Crippen LogP contribution in [0, 0.1) is 11.7 Å². The fraction of sp³-hybridized carbons (Fsp3) is 0.389. The number of nitrogens with zero attached hydrogens (tertiary/aromatic N) is 2. The number of benzene rings is 1. The van der Waals surface area contributed by atoms with Gasteiger partial charge in [0.2, 0.25) is 0 Å². The molecule has 0 radical (unpaired) electrons. The minimum atomic E-state index is -0.285. The molecule has 0 bridgehead atoms. The Kier molecular flexibility index (Phi) is 5.01. The molecular weight excluding hydrogens is 279 g/mol. The second-order valence-electron chi connectivity index (χ2n) is 5.84. The molecule has 0 N–H and O–H groups in total. The van der Waals surface area contributed by atoms with Crippen LogP contribution in [0.4, 0.5) is 4.39 Å². The molecule has 0 aliphatic carbocycles. The van der Waals surface area contributed by atoms with Crippen LogP contribution in [-0.4, -0.2) is 29.6 Å². The van der Waals surface area contributed by atoms with Gasteiger partial charge in [0.05, 0.1) is 6.61 Å². The fourth-order valence-electron chi connectivity index (χ4n) is 2.95. The van der Waals surface area contributed by atoms with Gasteiger partial charge in [-0.05, 0) is 49.2 Å². The van der Waals surface area contributed by atoms with Crippen molar-refractivity contribution in [1.82, 2.24) is 9.88 Å². The summed E-state index contributed by atoms with van der Waals surface area (Å²) >= 11 is 0. The number of pyridine rings is 1. The van der Waals surface area contributed by atoms with Gasteiger partial charge in [-0.1, -0.05) is 12.1 Å². The number of ether oxygens (including phenoxy) is 1. The molecule has 116 valence electrons. The molecule has 1 saturated heterocycles. The number of hydrogen-bond donors (Lipinski definition) is 0. The first-order valence-electron chi connectivity index (χ1n) is 7.80. The molecular formula is C18H21FN2O. The Bertz CT molecular complexity index is 591. The fourth-order valence-corrected chi connectivity index (χ4v) is 2.95. The van der Waals surface area contributed by atoms with Crippen LogP contribution in [0.25, 0.3) is 0 Å². The lowest BCUT2D eigenvalue weighted by molar-refractivity contribution is 0.123. The normalized spacial score (nSPS) is 19.0. The van der Waals surface area contributed by atoms with Crippen molar-refractivity contribution in [2.24, 2.45) is 5.92 Å². The molecule has 2 heterocycles. The van der Waals surface area contributed by atoms with Crippen molar-refractivity contribution >= 4 is 0 Å². The SMILES string of the molecule is Fc1ccccc1OCC1CCCN(Cc2ccncc2)C1. The van der Waals surface area contributed by atoms with Crippen LogP contribution in [0.15, 0.2) is 48.8 Å². The van der Waals surface area contributed by atoms with Gasteiger partial charge in [-0.3, -0.25) is 9.88 Å². The van der Waals surface area contributed by atoms with E-state index in [1.54, 1.807) is 18.2 Å². The van der Waals surface area contributed by atoms with Crippen molar-refractivity contribution < 1.29 is 9.13 Å². The van der Waals surface area contributed by atoms with Crippen LogP contribution in [0.3, 0.4) is 0 Å². The Hall–Kier alpha value is -1.94. The monoisotopic (exact) mass is 300 g/mol. The zero-order valence-corrected chi connectivity index (χ0v) is 12.6. The number of aromatic nitrogens is 1. The molecule has 1 aliphatic rings. The number of para-hydroxylation sites is 1. The predicted molar refractivity (Wildman–Crippen MR) is 84.1 cm³/mol. The Morgan fingerprint density at radius 1 is 1.18 bits per heavy atom. The van der Waals surface area contributed by atoms with Gasteiger partial charge >= 0.3 is 0 Å². The Morgan fingerprint density at radius 2 is 2.00 bits per heavy atom. The molecule has 1 unspecified atom stereocenters. The molecule has 0 spiro atoms. The highest BCUT2D eigenvalue weighted by Crippen LogP contribution is 2.21. The quantitative estimate of drug-likeness (QED) is 0.845. The summed E-state index contributed by atoms with van der Waals surface area (Å²) in [5.74, 6) is 0.524. The van der Waals surface area contributed by atoms with Crippen LogP contribution in [0.2, 0.25) is 0 Å². The lowest BCUT2D eigenvalue weighted by Gasteiger charge is -2.32. The summed E-state index contributed by atoms with van der Waals surface area (Å²) in [6.07, 6.45) is 5.97. The van der Waals surface area contributed by atoms with E-state index in [1.165, 1.54) is 11.6 Å². The lowest BCUT2D eigenvalue weighted by atomic mass is 9.98. The summed E-state index contributed by atoms with van der Waals surface area (Å²) in [4.78, 5) is 6.49. The second-order valence-corrected chi connectivity index (χ2v) is 5.84. The van der Waals surface area contributed by atoms with E-state index < -0.39 is 0 Å². The highest BCUT2D eigenvalue weighted by Gasteiger charge is 2.20. The number of hydrogen-bond acceptors (Lipinski definition) is 3. The van der Waals surface area contributed by atoms with Crippen molar-refractivity contribution in [3.8, 4) is 5.75 Å². The summed E-state index contributed by atoms with van der Waals surface area (Å²) in [5, 5.41) is 0. The van der Waals surface area contributed by atoms with Crippen molar-refractivity contribution in [3.05, 3.63) is 60.2 Å². The van der Waals surface area contributed by atoms with Gasteiger partial charge in [0.1, 0.15) is 0 Å². The minimum absolute atomic E-state index is 0.285. The number of piperidine rings is 1. The van der Waals surface area contributed by atoms with Crippen molar-refractivity contribution in [2.75, 3.05) is 19.7 Å². The van der Waals surface area contributed by atoms with Crippen LogP contribution in [0.5, 0.6) is 5.75 Å². The smallest absolute Gasteiger partial charge is 0.165 e. The van der Waals surface area contributed by atoms with E-state index in [-0.39, 0.29) is 5.82 Å². The van der Waals surface area contributed by atoms with Gasteiger partial charge in [-0.2, -0.15) is 0 Å². The number of likely N-dealkylation sites (tertiary alicyclic amines) is 1. The van der Waals surface area contributed by atoms with E-state index >= 15 is 0 Å². The maximum atomic E-state index is 13.6. The van der Waals surface area contributed by atoms with E-state index in [9.17, 15) is 4.39 Å². The number of halogens is 1. The summed E-state index contributed by atoms with van der Waals surface area (Å²) in [7, 11) is 0. The first-order valence-corrected chi connectivity index (χ1v) is 7.80. The van der Waals surface area contributed by atoms with Gasteiger partial charge < -0.3 is 4.74 Å². The number of rotatable bonds is 5. The van der Waals surface area contributed by atoms with E-state index in [0.717, 1.165) is 32.5 Å². The van der Waals surface area contributed by atoms with E-state index in [2.05, 4.69) is 22.0 Å². The van der Waals surface area contributed by atoms with Crippen LogP contribution >= 0.6 is 0 Å². The molecule has 1 aromatic heterocycles. The summed E-state index contributed by atoms with van der Waals surface area (Å²) in [5.41, 5.74) is 1.28. The first-order chi connectivity index (χ1) is 10.8. The van der Waals surface area contributed by atoms with Crippen molar-refractivity contribution in [1.29, 1.82) is 0 Å². The molecule has 3 rings (SSSR count). The maximum Gasteiger partial charge on any atom is 0.165 e. The van der Waals surface area contributed by atoms with Crippen LogP contribution < -0.4 is 4.74 Å². The summed E-state index contributed by atoms with van der Waals surface area (Å²) in [6.45, 7) is 3.63. The zero-order chi connectivity index (χ0) is 15.2. The predicted octanol–water partition coefficient (Wildman–Crippen LogP) is 3.51. The van der Waals surface area contributed by atoms with E-state index in [4.69, 9.17) is 4.74 Å².